The van der Waals surface area contributed by atoms with Crippen LogP contribution in [-0.4, -0.2) is 30.4 Å². The quantitative estimate of drug-likeness (QED) is 0.640. The molecule has 124 valence electrons. The van der Waals surface area contributed by atoms with Gasteiger partial charge in [-0.05, 0) is 52.0 Å². The molecule has 1 aromatic carbocycles. The van der Waals surface area contributed by atoms with Crippen molar-refractivity contribution in [3.8, 4) is 5.75 Å². The van der Waals surface area contributed by atoms with E-state index >= 15 is 0 Å². The highest BCUT2D eigenvalue weighted by Gasteiger charge is 2.48. The fraction of sp³-hybridized carbons (Fsp3) is 0.412. The third-order valence-corrected chi connectivity index (χ3v) is 4.00. The van der Waals surface area contributed by atoms with Crippen LogP contribution in [0.5, 0.6) is 5.75 Å². The van der Waals surface area contributed by atoms with E-state index in [1.54, 1.807) is 43.7 Å². The van der Waals surface area contributed by atoms with Crippen molar-refractivity contribution in [3.05, 3.63) is 41.9 Å². The highest BCUT2D eigenvalue weighted by molar-refractivity contribution is 5.93. The number of hydrogen-bond donors (Lipinski definition) is 2. The number of ether oxygens (including phenoxy) is 3. The summed E-state index contributed by atoms with van der Waals surface area (Å²) in [6, 6.07) is 6.82. The lowest BCUT2D eigenvalue weighted by molar-refractivity contribution is -0.502. The Morgan fingerprint density at radius 3 is 2.22 bits per heavy atom. The smallest absolute Gasteiger partial charge is 0.304 e. The molecule has 0 unspecified atom stereocenters. The van der Waals surface area contributed by atoms with Crippen LogP contribution in [0.2, 0.25) is 0 Å². The average molecular weight is 319 g/mol. The van der Waals surface area contributed by atoms with Crippen LogP contribution in [-0.2, 0) is 9.47 Å². The van der Waals surface area contributed by atoms with Gasteiger partial charge < -0.3 is 14.2 Å². The molecule has 2 N–H and O–H groups in total. The number of allylic oxidation sites excluding steroid dienone is 1. The van der Waals surface area contributed by atoms with Crippen molar-refractivity contribution in [2.45, 2.75) is 38.9 Å². The lowest BCUT2D eigenvalue weighted by Gasteiger charge is -2.28. The topological polar surface area (TPSA) is 70.8 Å². The van der Waals surface area contributed by atoms with E-state index < -0.39 is 11.2 Å². The first-order chi connectivity index (χ1) is 10.7. The molecule has 0 aliphatic carbocycles. The molecule has 0 radical (unpaired) electrons. The van der Waals surface area contributed by atoms with Gasteiger partial charge in [-0.1, -0.05) is 0 Å². The number of amides is 1. The second-order valence-corrected chi connectivity index (χ2v) is 6.20. The monoisotopic (exact) mass is 319 g/mol. The number of hydrazine groups is 1. The number of carbonyl (C=O) groups is 1. The third kappa shape index (κ3) is 3.83. The first-order valence-electron chi connectivity index (χ1n) is 7.37. The zero-order chi connectivity index (χ0) is 17.1. The summed E-state index contributed by atoms with van der Waals surface area (Å²) < 4.78 is 16.5. The minimum atomic E-state index is -0.418. The van der Waals surface area contributed by atoms with E-state index in [9.17, 15) is 4.79 Å². The second kappa shape index (κ2) is 6.32. The Hall–Kier alpha value is -2.50. The number of rotatable bonds is 4. The minimum Gasteiger partial charge on any atom is -0.497 e. The van der Waals surface area contributed by atoms with Crippen molar-refractivity contribution in [1.29, 1.82) is 0 Å². The van der Waals surface area contributed by atoms with Crippen molar-refractivity contribution < 1.29 is 24.1 Å². The largest absolute Gasteiger partial charge is 0.497 e. The molecule has 1 heterocycles. The molecule has 0 atom stereocenters. The first-order valence-corrected chi connectivity index (χ1v) is 7.37. The second-order valence-electron chi connectivity index (χ2n) is 6.20. The number of methoxy groups -OCH3 is 1. The van der Waals surface area contributed by atoms with E-state index in [1.165, 1.54) is 0 Å². The maximum Gasteiger partial charge on any atom is 0.304 e. The van der Waals surface area contributed by atoms with E-state index in [0.717, 1.165) is 0 Å². The van der Waals surface area contributed by atoms with E-state index in [0.29, 0.717) is 17.3 Å². The molecule has 1 aliphatic rings. The van der Waals surface area contributed by atoms with Crippen molar-refractivity contribution >= 4 is 12.1 Å². The van der Waals surface area contributed by atoms with Crippen LogP contribution >= 0.6 is 0 Å². The maximum atomic E-state index is 11.9. The Labute approximate surface area is 136 Å². The van der Waals surface area contributed by atoms with Gasteiger partial charge in [-0.15, -0.1) is 10.5 Å². The van der Waals surface area contributed by atoms with Crippen molar-refractivity contribution in [3.63, 3.8) is 0 Å². The third-order valence-electron chi connectivity index (χ3n) is 4.00. The Kier molecular flexibility index (Phi) is 4.63. The van der Waals surface area contributed by atoms with Crippen molar-refractivity contribution in [1.82, 2.24) is 5.43 Å². The van der Waals surface area contributed by atoms with Crippen LogP contribution in [0.1, 0.15) is 38.1 Å². The fourth-order valence-corrected chi connectivity index (χ4v) is 1.87. The predicted octanol–water partition coefficient (Wildman–Crippen LogP) is 0.937. The highest BCUT2D eigenvalue weighted by Crippen LogP contribution is 2.39. The molecule has 0 saturated carbocycles. The van der Waals surface area contributed by atoms with Crippen LogP contribution in [0.15, 0.2) is 36.3 Å². The Morgan fingerprint density at radius 1 is 1.13 bits per heavy atom. The molecule has 0 aromatic heterocycles. The molecule has 1 aliphatic heterocycles. The van der Waals surface area contributed by atoms with Crippen LogP contribution in [0, 0.1) is 0 Å². The number of hydrazone groups is 1. The molecule has 2 rings (SSSR count). The molecule has 6 heteroatoms. The van der Waals surface area contributed by atoms with Gasteiger partial charge in [0.2, 0.25) is 0 Å². The van der Waals surface area contributed by atoms with Gasteiger partial charge in [-0.25, -0.2) is 0 Å². The molecule has 0 bridgehead atoms. The van der Waals surface area contributed by atoms with Gasteiger partial charge in [0.25, 0.3) is 5.95 Å². The SMILES string of the molecule is COc1ccc(C(=O)N/[NH+]=C/C=C2OC(C)(C)C(C)(C)O2)cc1. The van der Waals surface area contributed by atoms with Crippen molar-refractivity contribution in [2.75, 3.05) is 7.11 Å². The minimum absolute atomic E-state index is 0.253. The van der Waals surface area contributed by atoms with E-state index in [1.807, 2.05) is 27.7 Å². The lowest BCUT2D eigenvalue weighted by Crippen LogP contribution is -2.81. The molecule has 6 nitrogen and oxygen atoms in total. The summed E-state index contributed by atoms with van der Waals surface area (Å²) in [5.74, 6) is 0.856. The van der Waals surface area contributed by atoms with Gasteiger partial charge in [0.05, 0.1) is 13.2 Å². The summed E-state index contributed by atoms with van der Waals surface area (Å²) >= 11 is 0. The van der Waals surface area contributed by atoms with Crippen LogP contribution in [0.4, 0.5) is 0 Å². The standard InChI is InChI=1S/C17H22N2O4/c1-16(2)17(3,4)23-14(22-16)10-11-18-19-15(20)12-6-8-13(21-5)9-7-12/h6-11H,1-5H3,(H,19,20)/p+1/b18-11+. The molecule has 1 amide bonds. The van der Waals surface area contributed by atoms with E-state index in [2.05, 4.69) is 10.5 Å². The maximum absolute atomic E-state index is 11.9. The van der Waals surface area contributed by atoms with Gasteiger partial charge in [0.15, 0.2) is 6.21 Å². The van der Waals surface area contributed by atoms with Gasteiger partial charge in [-0.2, -0.15) is 0 Å². The molecule has 1 aromatic rings. The summed E-state index contributed by atoms with van der Waals surface area (Å²) in [5.41, 5.74) is 2.25. The zero-order valence-corrected chi connectivity index (χ0v) is 14.1. The van der Waals surface area contributed by atoms with E-state index in [-0.39, 0.29) is 5.91 Å². The first kappa shape index (κ1) is 16.9. The van der Waals surface area contributed by atoms with Gasteiger partial charge >= 0.3 is 5.91 Å². The van der Waals surface area contributed by atoms with E-state index in [4.69, 9.17) is 14.2 Å². The fourth-order valence-electron chi connectivity index (χ4n) is 1.87. The van der Waals surface area contributed by atoms with Crippen LogP contribution in [0.3, 0.4) is 0 Å². The van der Waals surface area contributed by atoms with Crippen molar-refractivity contribution in [2.24, 2.45) is 0 Å². The number of carbonyl (C=O) groups excluding carboxylic acids is 1. The number of nitrogens with one attached hydrogen (secondary N) is 2. The Bertz CT molecular complexity index is 612. The summed E-state index contributed by atoms with van der Waals surface area (Å²) in [6.07, 6.45) is 3.18. The molecule has 1 saturated heterocycles. The zero-order valence-electron chi connectivity index (χ0n) is 14.1. The molecular formula is C17H23N2O4+. The summed E-state index contributed by atoms with van der Waals surface area (Å²) in [4.78, 5) is 11.9. The lowest BCUT2D eigenvalue weighted by atomic mass is 9.90. The predicted molar refractivity (Wildman–Crippen MR) is 85.9 cm³/mol. The highest BCUT2D eigenvalue weighted by atomic mass is 16.7. The summed E-state index contributed by atoms with van der Waals surface area (Å²) in [6.45, 7) is 7.86. The average Bonchev–Trinajstić information content (AvgIpc) is 2.71. The molecule has 0 spiro atoms. The molecular weight excluding hydrogens is 296 g/mol. The van der Waals surface area contributed by atoms with Gasteiger partial charge in [-0.3, -0.25) is 4.79 Å². The number of hydrogen-bond acceptors (Lipinski definition) is 4. The van der Waals surface area contributed by atoms with Gasteiger partial charge in [0.1, 0.15) is 17.0 Å². The Balaban J connectivity index is 1.92. The summed E-state index contributed by atoms with van der Waals surface area (Å²) in [7, 11) is 1.58. The molecule has 23 heavy (non-hydrogen) atoms. The van der Waals surface area contributed by atoms with Gasteiger partial charge in [0, 0.05) is 5.56 Å². The molecule has 1 fully saturated rings. The van der Waals surface area contributed by atoms with Crippen LogP contribution < -0.4 is 15.3 Å². The number of benzene rings is 1. The normalized spacial score (nSPS) is 18.2. The Morgan fingerprint density at radius 2 is 1.70 bits per heavy atom. The van der Waals surface area contributed by atoms with Crippen LogP contribution in [0.25, 0.3) is 0 Å². The summed E-state index contributed by atoms with van der Waals surface area (Å²) in [5, 5.41) is 2.70.